The number of hydrogen-bond acceptors (Lipinski definition) is 2. The average molecular weight is 290 g/mol. The normalized spacial score (nSPS) is 34.1. The van der Waals surface area contributed by atoms with Gasteiger partial charge < -0.3 is 5.32 Å². The van der Waals surface area contributed by atoms with Gasteiger partial charge in [0.1, 0.15) is 5.82 Å². The fourth-order valence-electron chi connectivity index (χ4n) is 3.58. The standard InChI is InChI=1S/C18H27FN2/c1-4-17(2)13-21(11-14-7-5-6-8-16(14)19)18(3,12-20-17)15-9-10-15/h5-8,15,20H,4,9-13H2,1-3H3. The molecule has 1 aliphatic heterocycles. The summed E-state index contributed by atoms with van der Waals surface area (Å²) in [7, 11) is 0. The molecule has 0 radical (unpaired) electrons. The lowest BCUT2D eigenvalue weighted by atomic mass is 9.84. The van der Waals surface area contributed by atoms with E-state index in [-0.39, 0.29) is 16.9 Å². The van der Waals surface area contributed by atoms with Crippen LogP contribution in [0.15, 0.2) is 24.3 Å². The summed E-state index contributed by atoms with van der Waals surface area (Å²) in [6.07, 6.45) is 3.73. The van der Waals surface area contributed by atoms with E-state index in [1.54, 1.807) is 12.1 Å². The van der Waals surface area contributed by atoms with Crippen molar-refractivity contribution in [3.05, 3.63) is 35.6 Å². The van der Waals surface area contributed by atoms with Gasteiger partial charge in [-0.2, -0.15) is 0 Å². The summed E-state index contributed by atoms with van der Waals surface area (Å²) in [6.45, 7) is 9.59. The Morgan fingerprint density at radius 1 is 1.29 bits per heavy atom. The van der Waals surface area contributed by atoms with Gasteiger partial charge in [-0.05, 0) is 45.1 Å². The number of nitrogens with one attached hydrogen (secondary N) is 1. The molecule has 1 saturated carbocycles. The Kier molecular flexibility index (Phi) is 3.83. The minimum atomic E-state index is -0.0765. The first kappa shape index (κ1) is 15.0. The summed E-state index contributed by atoms with van der Waals surface area (Å²) in [5, 5.41) is 3.75. The highest BCUT2D eigenvalue weighted by atomic mass is 19.1. The molecule has 0 aromatic heterocycles. The van der Waals surface area contributed by atoms with Gasteiger partial charge in [0.15, 0.2) is 0 Å². The first-order chi connectivity index (χ1) is 9.97. The number of piperazine rings is 1. The second-order valence-corrected chi connectivity index (χ2v) is 7.35. The molecular formula is C18H27FN2. The minimum absolute atomic E-state index is 0.0765. The fourth-order valence-corrected chi connectivity index (χ4v) is 3.58. The van der Waals surface area contributed by atoms with Crippen molar-refractivity contribution in [2.24, 2.45) is 5.92 Å². The molecule has 3 heteroatoms. The number of halogens is 1. The third-order valence-corrected chi connectivity index (χ3v) is 5.69. The molecule has 3 rings (SSSR count). The van der Waals surface area contributed by atoms with E-state index in [9.17, 15) is 4.39 Å². The Hall–Kier alpha value is -0.930. The van der Waals surface area contributed by atoms with Crippen molar-refractivity contribution >= 4 is 0 Å². The predicted octanol–water partition coefficient (Wildman–Crippen LogP) is 3.57. The first-order valence-electron chi connectivity index (χ1n) is 8.20. The van der Waals surface area contributed by atoms with E-state index >= 15 is 0 Å². The van der Waals surface area contributed by atoms with Gasteiger partial charge in [0, 0.05) is 36.3 Å². The lowest BCUT2D eigenvalue weighted by molar-refractivity contribution is -0.00201. The quantitative estimate of drug-likeness (QED) is 0.912. The molecule has 2 aliphatic rings. The predicted molar refractivity (Wildman–Crippen MR) is 84.6 cm³/mol. The van der Waals surface area contributed by atoms with E-state index in [4.69, 9.17) is 0 Å². The van der Waals surface area contributed by atoms with Crippen molar-refractivity contribution in [3.8, 4) is 0 Å². The fraction of sp³-hybridized carbons (Fsp3) is 0.667. The highest BCUT2D eigenvalue weighted by Gasteiger charge is 2.50. The van der Waals surface area contributed by atoms with Gasteiger partial charge in [-0.1, -0.05) is 25.1 Å². The van der Waals surface area contributed by atoms with E-state index in [1.807, 2.05) is 12.1 Å². The van der Waals surface area contributed by atoms with Crippen LogP contribution in [0.1, 0.15) is 45.6 Å². The zero-order valence-corrected chi connectivity index (χ0v) is 13.5. The monoisotopic (exact) mass is 290 g/mol. The van der Waals surface area contributed by atoms with E-state index < -0.39 is 0 Å². The molecule has 0 bridgehead atoms. The third-order valence-electron chi connectivity index (χ3n) is 5.69. The Balaban J connectivity index is 1.85. The molecule has 1 aromatic rings. The van der Waals surface area contributed by atoms with Crippen LogP contribution >= 0.6 is 0 Å². The molecule has 1 aromatic carbocycles. The zero-order chi connectivity index (χ0) is 15.1. The average Bonchev–Trinajstić information content (AvgIpc) is 3.31. The summed E-state index contributed by atoms with van der Waals surface area (Å²) in [5.74, 6) is 0.686. The lowest BCUT2D eigenvalue weighted by Gasteiger charge is -2.53. The SMILES string of the molecule is CCC1(C)CN(Cc2ccccc2F)C(C)(C2CC2)CN1. The van der Waals surface area contributed by atoms with Gasteiger partial charge in [-0.15, -0.1) is 0 Å². The molecule has 21 heavy (non-hydrogen) atoms. The second kappa shape index (κ2) is 5.36. The van der Waals surface area contributed by atoms with Crippen molar-refractivity contribution < 1.29 is 4.39 Å². The summed E-state index contributed by atoms with van der Waals surface area (Å²) in [4.78, 5) is 2.53. The molecule has 0 spiro atoms. The van der Waals surface area contributed by atoms with Gasteiger partial charge in [0.25, 0.3) is 0 Å². The molecule has 2 unspecified atom stereocenters. The summed E-state index contributed by atoms with van der Waals surface area (Å²) in [5.41, 5.74) is 1.13. The maximum atomic E-state index is 14.0. The largest absolute Gasteiger partial charge is 0.308 e. The Labute approximate surface area is 127 Å². The summed E-state index contributed by atoms with van der Waals surface area (Å²) >= 11 is 0. The Morgan fingerprint density at radius 3 is 2.62 bits per heavy atom. The van der Waals surface area contributed by atoms with Crippen LogP contribution in [0, 0.1) is 11.7 Å². The molecule has 1 N–H and O–H groups in total. The molecule has 116 valence electrons. The van der Waals surface area contributed by atoms with Crippen molar-refractivity contribution in [1.82, 2.24) is 10.2 Å². The van der Waals surface area contributed by atoms with Crippen molar-refractivity contribution in [2.45, 2.75) is 57.7 Å². The maximum absolute atomic E-state index is 14.0. The minimum Gasteiger partial charge on any atom is -0.308 e. The molecule has 1 aliphatic carbocycles. The van der Waals surface area contributed by atoms with Gasteiger partial charge >= 0.3 is 0 Å². The van der Waals surface area contributed by atoms with Crippen molar-refractivity contribution in [2.75, 3.05) is 13.1 Å². The molecular weight excluding hydrogens is 263 g/mol. The molecule has 1 heterocycles. The van der Waals surface area contributed by atoms with E-state index in [1.165, 1.54) is 12.8 Å². The van der Waals surface area contributed by atoms with Gasteiger partial charge in [-0.3, -0.25) is 4.90 Å². The van der Waals surface area contributed by atoms with Gasteiger partial charge in [0.2, 0.25) is 0 Å². The molecule has 0 amide bonds. The molecule has 2 nitrogen and oxygen atoms in total. The molecule has 2 fully saturated rings. The summed E-state index contributed by atoms with van der Waals surface area (Å²) in [6, 6.07) is 7.21. The molecule has 1 saturated heterocycles. The number of benzene rings is 1. The van der Waals surface area contributed by atoms with Gasteiger partial charge in [0.05, 0.1) is 0 Å². The van der Waals surface area contributed by atoms with E-state index in [0.29, 0.717) is 0 Å². The van der Waals surface area contributed by atoms with Crippen molar-refractivity contribution in [1.29, 1.82) is 0 Å². The van der Waals surface area contributed by atoms with Crippen molar-refractivity contribution in [3.63, 3.8) is 0 Å². The summed E-state index contributed by atoms with van der Waals surface area (Å²) < 4.78 is 14.0. The van der Waals surface area contributed by atoms with Crippen LogP contribution in [0.2, 0.25) is 0 Å². The van der Waals surface area contributed by atoms with Crippen LogP contribution in [0.3, 0.4) is 0 Å². The van der Waals surface area contributed by atoms with E-state index in [2.05, 4.69) is 31.0 Å². The number of rotatable bonds is 4. The Morgan fingerprint density at radius 2 is 2.00 bits per heavy atom. The smallest absolute Gasteiger partial charge is 0.127 e. The number of hydrogen-bond donors (Lipinski definition) is 1. The van der Waals surface area contributed by atoms with Crippen LogP contribution < -0.4 is 5.32 Å². The third kappa shape index (κ3) is 2.86. The van der Waals surface area contributed by atoms with Crippen LogP contribution in [0.5, 0.6) is 0 Å². The maximum Gasteiger partial charge on any atom is 0.127 e. The molecule has 2 atom stereocenters. The zero-order valence-electron chi connectivity index (χ0n) is 13.5. The topological polar surface area (TPSA) is 15.3 Å². The van der Waals surface area contributed by atoms with Crippen LogP contribution in [0.25, 0.3) is 0 Å². The van der Waals surface area contributed by atoms with Crippen LogP contribution in [-0.2, 0) is 6.54 Å². The highest BCUT2D eigenvalue weighted by molar-refractivity contribution is 5.19. The Bertz CT molecular complexity index is 514. The lowest BCUT2D eigenvalue weighted by Crippen LogP contribution is -2.68. The van der Waals surface area contributed by atoms with E-state index in [0.717, 1.165) is 37.5 Å². The van der Waals surface area contributed by atoms with Crippen LogP contribution in [0.4, 0.5) is 4.39 Å². The number of nitrogens with zero attached hydrogens (tertiary/aromatic N) is 1. The van der Waals surface area contributed by atoms with Crippen LogP contribution in [-0.4, -0.2) is 29.1 Å². The first-order valence-corrected chi connectivity index (χ1v) is 8.20. The highest BCUT2D eigenvalue weighted by Crippen LogP contribution is 2.45. The van der Waals surface area contributed by atoms with Gasteiger partial charge in [-0.25, -0.2) is 4.39 Å². The second-order valence-electron chi connectivity index (χ2n) is 7.35.